The van der Waals surface area contributed by atoms with E-state index in [9.17, 15) is 18.4 Å². The predicted octanol–water partition coefficient (Wildman–Crippen LogP) is 6.18. The van der Waals surface area contributed by atoms with Gasteiger partial charge in [-0.1, -0.05) is 24.3 Å². The van der Waals surface area contributed by atoms with Crippen LogP contribution in [0.4, 0.5) is 14.5 Å². The summed E-state index contributed by atoms with van der Waals surface area (Å²) in [6.45, 7) is 9.95. The Hall–Kier alpha value is -5.26. The van der Waals surface area contributed by atoms with Gasteiger partial charge < -0.3 is 28.2 Å². The molecule has 0 spiro atoms. The molecule has 264 valence electrons. The van der Waals surface area contributed by atoms with Crippen LogP contribution in [0.2, 0.25) is 0 Å². The lowest BCUT2D eigenvalue weighted by Gasteiger charge is -2.50. The summed E-state index contributed by atoms with van der Waals surface area (Å²) in [5, 5.41) is 0.258. The fourth-order valence-electron chi connectivity index (χ4n) is 7.32. The molecule has 11 heteroatoms. The summed E-state index contributed by atoms with van der Waals surface area (Å²) < 4.78 is 48.8. The molecule has 0 unspecified atom stereocenters. The van der Waals surface area contributed by atoms with E-state index in [2.05, 4.69) is 23.1 Å². The minimum atomic E-state index is -0.830. The molecule has 0 saturated carbocycles. The van der Waals surface area contributed by atoms with Crippen LogP contribution in [0.25, 0.3) is 16.6 Å². The number of carbonyl (C=O) groups excluding carboxylic acids is 1. The van der Waals surface area contributed by atoms with Crippen molar-refractivity contribution >= 4 is 22.5 Å². The molecule has 51 heavy (non-hydrogen) atoms. The van der Waals surface area contributed by atoms with Gasteiger partial charge in [-0.25, -0.2) is 8.78 Å². The zero-order chi connectivity index (χ0) is 35.7. The number of halogens is 2. The van der Waals surface area contributed by atoms with Gasteiger partial charge in [-0.15, -0.1) is 0 Å². The van der Waals surface area contributed by atoms with Crippen molar-refractivity contribution in [3.63, 3.8) is 0 Å². The fourth-order valence-corrected chi connectivity index (χ4v) is 7.32. The minimum absolute atomic E-state index is 0.00507. The van der Waals surface area contributed by atoms with Crippen LogP contribution in [0.15, 0.2) is 89.9 Å². The minimum Gasteiger partial charge on any atom is -0.497 e. The van der Waals surface area contributed by atoms with Crippen LogP contribution in [0.1, 0.15) is 28.4 Å². The van der Waals surface area contributed by atoms with Crippen LogP contribution in [-0.2, 0) is 13.2 Å². The van der Waals surface area contributed by atoms with E-state index in [1.807, 2.05) is 12.1 Å². The summed E-state index contributed by atoms with van der Waals surface area (Å²) in [5.41, 5.74) is 2.74. The standard InChI is InChI=1S/C40H41F2N4O5/c1-4-44(31-18-29(41)17-30(42)19-31)40(48)37-24-45(38-23-33(49-2)9-10-36(38)39(37)47)32-20-34(50-3)22-35(21-32)51-26-28-8-6-5-7-27(28)25-46-14-11-43(12-15-46)13-16-46/h5-10,17-24H,4,11-16,25-26H2,1-3H3/q+1. The Kier molecular flexibility index (Phi) is 9.50. The molecule has 4 heterocycles. The van der Waals surface area contributed by atoms with Crippen molar-refractivity contribution in [2.75, 3.05) is 64.9 Å². The highest BCUT2D eigenvalue weighted by Crippen LogP contribution is 2.31. The van der Waals surface area contributed by atoms with Gasteiger partial charge in [0, 0.05) is 79.3 Å². The first kappa shape index (κ1) is 34.2. The summed E-state index contributed by atoms with van der Waals surface area (Å²) in [6, 6.07) is 21.7. The fraction of sp³-hybridized carbons (Fsp3) is 0.300. The molecule has 1 aromatic heterocycles. The van der Waals surface area contributed by atoms with Gasteiger partial charge in [0.2, 0.25) is 5.43 Å². The summed E-state index contributed by atoms with van der Waals surface area (Å²) >= 11 is 0. The Morgan fingerprint density at radius 1 is 0.824 bits per heavy atom. The van der Waals surface area contributed by atoms with E-state index in [-0.39, 0.29) is 23.2 Å². The van der Waals surface area contributed by atoms with Gasteiger partial charge >= 0.3 is 0 Å². The van der Waals surface area contributed by atoms with Gasteiger partial charge in [-0.05, 0) is 36.8 Å². The maximum Gasteiger partial charge on any atom is 0.263 e. The van der Waals surface area contributed by atoms with Crippen LogP contribution in [-0.4, -0.2) is 79.9 Å². The molecular weight excluding hydrogens is 654 g/mol. The van der Waals surface area contributed by atoms with Gasteiger partial charge in [-0.3, -0.25) is 14.5 Å². The zero-order valence-electron chi connectivity index (χ0n) is 29.0. The average molecular weight is 696 g/mol. The largest absolute Gasteiger partial charge is 0.497 e. The normalized spacial score (nSPS) is 18.1. The lowest BCUT2D eigenvalue weighted by molar-refractivity contribution is -0.953. The van der Waals surface area contributed by atoms with Gasteiger partial charge in [0.05, 0.1) is 45.1 Å². The number of anilines is 1. The second kappa shape index (κ2) is 14.2. The molecule has 2 bridgehead atoms. The molecule has 0 N–H and O–H groups in total. The zero-order valence-corrected chi connectivity index (χ0v) is 29.0. The quantitative estimate of drug-likeness (QED) is 0.154. The topological polar surface area (TPSA) is 73.2 Å². The molecule has 8 rings (SSSR count). The molecule has 3 fully saturated rings. The summed E-state index contributed by atoms with van der Waals surface area (Å²) in [6.07, 6.45) is 1.45. The lowest BCUT2D eigenvalue weighted by atomic mass is 10.0. The highest BCUT2D eigenvalue weighted by Gasteiger charge is 2.38. The smallest absolute Gasteiger partial charge is 0.263 e. The third-order valence-electron chi connectivity index (χ3n) is 10.2. The Morgan fingerprint density at radius 2 is 1.49 bits per heavy atom. The molecule has 4 aromatic carbocycles. The number of rotatable bonds is 11. The number of piperazine rings is 3. The third kappa shape index (κ3) is 6.91. The van der Waals surface area contributed by atoms with Crippen LogP contribution in [0, 0.1) is 11.6 Å². The molecule has 5 aromatic rings. The molecule has 0 radical (unpaired) electrons. The van der Waals surface area contributed by atoms with Gasteiger partial charge in [0.25, 0.3) is 5.91 Å². The number of ether oxygens (including phenoxy) is 3. The predicted molar refractivity (Wildman–Crippen MR) is 192 cm³/mol. The SMILES string of the molecule is CCN(C(=O)c1cn(-c2cc(OC)cc(OCc3ccccc3C[N+]34CCN(CC3)CC4)c2)c2cc(OC)ccc2c1=O)c1cc(F)cc(F)c1. The second-order valence-electron chi connectivity index (χ2n) is 13.2. The van der Waals surface area contributed by atoms with Gasteiger partial charge in [-0.2, -0.15) is 0 Å². The Bertz CT molecular complexity index is 2130. The first-order valence-corrected chi connectivity index (χ1v) is 17.2. The summed E-state index contributed by atoms with van der Waals surface area (Å²) in [5.74, 6) is -0.805. The maximum absolute atomic E-state index is 14.2. The van der Waals surface area contributed by atoms with Crippen molar-refractivity contribution < 1.29 is 32.3 Å². The monoisotopic (exact) mass is 695 g/mol. The average Bonchev–Trinajstić information content (AvgIpc) is 3.14. The number of methoxy groups -OCH3 is 2. The van der Waals surface area contributed by atoms with Crippen molar-refractivity contribution in [1.29, 1.82) is 0 Å². The van der Waals surface area contributed by atoms with E-state index in [1.54, 1.807) is 48.9 Å². The molecule has 0 atom stereocenters. The number of hydrogen-bond acceptors (Lipinski definition) is 6. The molecule has 3 aliphatic heterocycles. The van der Waals surface area contributed by atoms with E-state index in [0.717, 1.165) is 74.1 Å². The van der Waals surface area contributed by atoms with E-state index in [4.69, 9.17) is 14.2 Å². The van der Waals surface area contributed by atoms with E-state index in [1.165, 1.54) is 23.8 Å². The van der Waals surface area contributed by atoms with Crippen LogP contribution >= 0.6 is 0 Å². The van der Waals surface area contributed by atoms with Crippen molar-refractivity contribution in [3.8, 4) is 22.9 Å². The van der Waals surface area contributed by atoms with E-state index >= 15 is 0 Å². The second-order valence-corrected chi connectivity index (χ2v) is 13.2. The Balaban J connectivity index is 1.26. The number of amides is 1. The van der Waals surface area contributed by atoms with Crippen molar-refractivity contribution in [1.82, 2.24) is 9.47 Å². The molecule has 9 nitrogen and oxygen atoms in total. The first-order chi connectivity index (χ1) is 24.7. The number of aromatic nitrogens is 1. The van der Waals surface area contributed by atoms with Crippen molar-refractivity contribution in [2.24, 2.45) is 0 Å². The lowest BCUT2D eigenvalue weighted by Crippen LogP contribution is -2.66. The van der Waals surface area contributed by atoms with Crippen molar-refractivity contribution in [2.45, 2.75) is 20.1 Å². The molecule has 3 aliphatic rings. The molecule has 3 saturated heterocycles. The van der Waals surface area contributed by atoms with Gasteiger partial charge in [0.1, 0.15) is 47.6 Å². The molecule has 0 aliphatic carbocycles. The maximum atomic E-state index is 14.2. The number of carbonyl (C=O) groups is 1. The van der Waals surface area contributed by atoms with Crippen LogP contribution in [0.5, 0.6) is 17.2 Å². The molecule has 1 amide bonds. The summed E-state index contributed by atoms with van der Waals surface area (Å²) in [4.78, 5) is 31.7. The summed E-state index contributed by atoms with van der Waals surface area (Å²) in [7, 11) is 3.09. The van der Waals surface area contributed by atoms with Crippen LogP contribution < -0.4 is 24.5 Å². The first-order valence-electron chi connectivity index (χ1n) is 17.2. The third-order valence-corrected chi connectivity index (χ3v) is 10.2. The highest BCUT2D eigenvalue weighted by atomic mass is 19.1. The number of fused-ring (bicyclic) bond motifs is 4. The number of quaternary nitrogens is 1. The van der Waals surface area contributed by atoms with E-state index < -0.39 is 23.0 Å². The van der Waals surface area contributed by atoms with Crippen molar-refractivity contribution in [3.05, 3.63) is 124 Å². The number of hydrogen-bond donors (Lipinski definition) is 0. The number of pyridine rings is 1. The van der Waals surface area contributed by atoms with Crippen LogP contribution in [0.3, 0.4) is 0 Å². The van der Waals surface area contributed by atoms with Gasteiger partial charge in [0.15, 0.2) is 0 Å². The molecular formula is C40H41F2N4O5+. The highest BCUT2D eigenvalue weighted by molar-refractivity contribution is 6.07. The Labute approximate surface area is 295 Å². The van der Waals surface area contributed by atoms with E-state index in [0.29, 0.717) is 35.1 Å². The number of benzene rings is 4. The number of nitrogens with zero attached hydrogens (tertiary/aromatic N) is 4. The Morgan fingerprint density at radius 3 is 2.16 bits per heavy atom.